The van der Waals surface area contributed by atoms with Crippen molar-refractivity contribution in [1.29, 1.82) is 0 Å². The Balaban J connectivity index is 0.000000166. The molecule has 0 aliphatic rings. The Bertz CT molecular complexity index is 1220. The molecule has 0 bridgehead atoms. The molecule has 150 valence electrons. The number of nitrogens with zero attached hydrogens (tertiary/aromatic N) is 1. The monoisotopic (exact) mass is 474 g/mol. The van der Waals surface area contributed by atoms with E-state index < -0.39 is 0 Å². The Labute approximate surface area is 181 Å². The first-order valence-corrected chi connectivity index (χ1v) is 10.3. The fraction of sp³-hybridized carbons (Fsp3) is 0.182. The highest BCUT2D eigenvalue weighted by molar-refractivity contribution is 9.08. The number of benzene rings is 2. The highest BCUT2D eigenvalue weighted by Gasteiger charge is 2.07. The van der Waals surface area contributed by atoms with Crippen LogP contribution in [-0.4, -0.2) is 24.2 Å². The minimum Gasteiger partial charge on any atom is -0.496 e. The molecule has 0 aliphatic heterocycles. The van der Waals surface area contributed by atoms with Crippen molar-refractivity contribution in [2.24, 2.45) is 0 Å². The molecule has 0 fully saturated rings. The summed E-state index contributed by atoms with van der Waals surface area (Å²) in [6.45, 7) is 1.92. The first kappa shape index (κ1) is 21.1. The van der Waals surface area contributed by atoms with Gasteiger partial charge in [0, 0.05) is 34.1 Å². The van der Waals surface area contributed by atoms with Crippen molar-refractivity contribution in [3.05, 3.63) is 75.4 Å². The predicted molar refractivity (Wildman–Crippen MR) is 122 cm³/mol. The van der Waals surface area contributed by atoms with E-state index in [0.717, 1.165) is 44.1 Å². The zero-order chi connectivity index (χ0) is 21.0. The maximum Gasteiger partial charge on any atom is 0.255 e. The summed E-state index contributed by atoms with van der Waals surface area (Å²) in [4.78, 5) is 18.1. The van der Waals surface area contributed by atoms with Gasteiger partial charge in [0.15, 0.2) is 0 Å². The van der Waals surface area contributed by atoms with Gasteiger partial charge in [0.25, 0.3) is 5.56 Å². The second-order valence-corrected chi connectivity index (χ2v) is 7.26. The first-order valence-electron chi connectivity index (χ1n) is 8.81. The molecule has 0 radical (unpaired) electrons. The summed E-state index contributed by atoms with van der Waals surface area (Å²) in [5.41, 5.74) is 1.98. The van der Waals surface area contributed by atoms with Gasteiger partial charge in [-0.1, -0.05) is 27.5 Å². The number of hydrogen-bond acceptors (Lipinski definition) is 4. The van der Waals surface area contributed by atoms with E-state index in [1.807, 2.05) is 43.3 Å². The quantitative estimate of drug-likeness (QED) is 0.308. The van der Waals surface area contributed by atoms with Crippen LogP contribution >= 0.6 is 27.5 Å². The second-order valence-electron chi connectivity index (χ2n) is 6.34. The van der Waals surface area contributed by atoms with Crippen LogP contribution in [0.25, 0.3) is 21.5 Å². The Morgan fingerprint density at radius 3 is 2.41 bits per heavy atom. The molecule has 0 aliphatic carbocycles. The van der Waals surface area contributed by atoms with E-state index in [4.69, 9.17) is 21.1 Å². The van der Waals surface area contributed by atoms with Crippen LogP contribution in [0.2, 0.25) is 5.15 Å². The zero-order valence-electron chi connectivity index (χ0n) is 16.3. The van der Waals surface area contributed by atoms with Crippen molar-refractivity contribution >= 4 is 49.1 Å². The van der Waals surface area contributed by atoms with E-state index in [1.54, 1.807) is 26.6 Å². The molecular formula is C22H20BrClN2O3. The standard InChI is InChI=1S/C11H9BrClNO.C11H11NO2/c1-15-10-5-7-2-3-14-11(13)9(7)4-8(10)6-12;1-7-5-9-8(6-10(7)14-2)3-4-12-11(9)13/h2-5H,6H2,1H3;3-6H,1-2H3,(H,12,13). The molecule has 0 spiro atoms. The van der Waals surface area contributed by atoms with E-state index in [2.05, 4.69) is 25.9 Å². The minimum absolute atomic E-state index is 0.0618. The summed E-state index contributed by atoms with van der Waals surface area (Å²) in [6, 6.07) is 11.5. The van der Waals surface area contributed by atoms with Crippen LogP contribution in [0.15, 0.2) is 53.6 Å². The third kappa shape index (κ3) is 4.54. The van der Waals surface area contributed by atoms with E-state index in [0.29, 0.717) is 10.5 Å². The Hall–Kier alpha value is -2.57. The van der Waals surface area contributed by atoms with Crippen molar-refractivity contribution in [1.82, 2.24) is 9.97 Å². The smallest absolute Gasteiger partial charge is 0.255 e. The number of nitrogens with one attached hydrogen (secondary N) is 1. The van der Waals surface area contributed by atoms with Crippen LogP contribution in [0.1, 0.15) is 11.1 Å². The summed E-state index contributed by atoms with van der Waals surface area (Å²) in [5, 5.41) is 4.85. The summed E-state index contributed by atoms with van der Waals surface area (Å²) in [7, 11) is 3.29. The average molecular weight is 476 g/mol. The number of methoxy groups -OCH3 is 2. The van der Waals surface area contributed by atoms with Crippen molar-refractivity contribution < 1.29 is 9.47 Å². The number of H-pyrrole nitrogens is 1. The van der Waals surface area contributed by atoms with Gasteiger partial charge in [-0.05, 0) is 59.7 Å². The van der Waals surface area contributed by atoms with Gasteiger partial charge in [-0.3, -0.25) is 4.79 Å². The third-order valence-electron chi connectivity index (χ3n) is 4.55. The number of halogens is 2. The number of pyridine rings is 2. The Kier molecular flexibility index (Phi) is 6.77. The molecule has 0 saturated carbocycles. The molecule has 0 unspecified atom stereocenters. The summed E-state index contributed by atoms with van der Waals surface area (Å²) >= 11 is 9.43. The maximum absolute atomic E-state index is 11.4. The van der Waals surface area contributed by atoms with Crippen LogP contribution in [0.3, 0.4) is 0 Å². The number of aromatic nitrogens is 2. The number of fused-ring (bicyclic) bond motifs is 2. The van der Waals surface area contributed by atoms with Gasteiger partial charge in [-0.15, -0.1) is 0 Å². The number of alkyl halides is 1. The van der Waals surface area contributed by atoms with Gasteiger partial charge in [-0.25, -0.2) is 4.98 Å². The molecule has 0 amide bonds. The van der Waals surface area contributed by atoms with Gasteiger partial charge in [0.05, 0.1) is 14.2 Å². The normalized spacial score (nSPS) is 10.5. The summed E-state index contributed by atoms with van der Waals surface area (Å²) in [6.07, 6.45) is 3.33. The van der Waals surface area contributed by atoms with E-state index in [9.17, 15) is 4.79 Å². The molecule has 5 nitrogen and oxygen atoms in total. The van der Waals surface area contributed by atoms with E-state index in [-0.39, 0.29) is 5.56 Å². The molecule has 1 N–H and O–H groups in total. The van der Waals surface area contributed by atoms with E-state index >= 15 is 0 Å². The molecule has 4 aromatic rings. The van der Waals surface area contributed by atoms with Crippen LogP contribution in [0, 0.1) is 6.92 Å². The van der Waals surface area contributed by atoms with Crippen LogP contribution in [0.4, 0.5) is 0 Å². The number of aromatic amines is 1. The van der Waals surface area contributed by atoms with Crippen LogP contribution in [-0.2, 0) is 5.33 Å². The van der Waals surface area contributed by atoms with Gasteiger partial charge >= 0.3 is 0 Å². The summed E-state index contributed by atoms with van der Waals surface area (Å²) < 4.78 is 10.5. The van der Waals surface area contributed by atoms with Gasteiger partial charge in [0.2, 0.25) is 0 Å². The Morgan fingerprint density at radius 1 is 1.03 bits per heavy atom. The molecule has 7 heteroatoms. The first-order chi connectivity index (χ1) is 14.0. The fourth-order valence-electron chi connectivity index (χ4n) is 3.05. The van der Waals surface area contributed by atoms with Gasteiger partial charge in [0.1, 0.15) is 16.7 Å². The van der Waals surface area contributed by atoms with Crippen molar-refractivity contribution in [3.63, 3.8) is 0 Å². The number of ether oxygens (including phenoxy) is 2. The topological polar surface area (TPSA) is 64.2 Å². The SMILES string of the molecule is COc1cc2cc[nH]c(=O)c2cc1C.COc1cc2ccnc(Cl)c2cc1CBr. The lowest BCUT2D eigenvalue weighted by molar-refractivity contribution is 0.412. The highest BCUT2D eigenvalue weighted by atomic mass is 79.9. The highest BCUT2D eigenvalue weighted by Crippen LogP contribution is 2.30. The number of hydrogen-bond donors (Lipinski definition) is 1. The van der Waals surface area contributed by atoms with Crippen LogP contribution in [0.5, 0.6) is 11.5 Å². The molecule has 0 saturated heterocycles. The lowest BCUT2D eigenvalue weighted by Crippen LogP contribution is -2.04. The molecule has 29 heavy (non-hydrogen) atoms. The largest absolute Gasteiger partial charge is 0.496 e. The molecule has 2 aromatic heterocycles. The fourth-order valence-corrected chi connectivity index (χ4v) is 3.71. The molecule has 2 heterocycles. The molecular weight excluding hydrogens is 456 g/mol. The molecule has 4 rings (SSSR count). The van der Waals surface area contributed by atoms with Crippen molar-refractivity contribution in [2.45, 2.75) is 12.3 Å². The molecule has 2 aromatic carbocycles. The minimum atomic E-state index is -0.0618. The predicted octanol–water partition coefficient (Wildman–Crippen LogP) is 5.64. The van der Waals surface area contributed by atoms with Crippen molar-refractivity contribution in [2.75, 3.05) is 14.2 Å². The Morgan fingerprint density at radius 2 is 1.72 bits per heavy atom. The lowest BCUT2D eigenvalue weighted by Gasteiger charge is -2.08. The van der Waals surface area contributed by atoms with E-state index in [1.165, 1.54) is 0 Å². The lowest BCUT2D eigenvalue weighted by atomic mass is 10.1. The van der Waals surface area contributed by atoms with Crippen LogP contribution < -0.4 is 15.0 Å². The van der Waals surface area contributed by atoms with Crippen molar-refractivity contribution in [3.8, 4) is 11.5 Å². The third-order valence-corrected chi connectivity index (χ3v) is 5.46. The summed E-state index contributed by atoms with van der Waals surface area (Å²) in [5.74, 6) is 1.67. The maximum atomic E-state index is 11.4. The zero-order valence-corrected chi connectivity index (χ0v) is 18.6. The molecule has 0 atom stereocenters. The average Bonchev–Trinajstić information content (AvgIpc) is 2.74. The second kappa shape index (κ2) is 9.29. The number of aryl methyl sites for hydroxylation is 1. The number of rotatable bonds is 3. The van der Waals surface area contributed by atoms with Gasteiger partial charge in [-0.2, -0.15) is 0 Å². The van der Waals surface area contributed by atoms with Gasteiger partial charge < -0.3 is 14.5 Å².